The summed E-state index contributed by atoms with van der Waals surface area (Å²) >= 11 is 0. The van der Waals surface area contributed by atoms with Crippen LogP contribution in [0.15, 0.2) is 12.1 Å². The van der Waals surface area contributed by atoms with E-state index in [-0.39, 0.29) is 12.0 Å². The molecule has 0 aliphatic heterocycles. The minimum absolute atomic E-state index is 0.00408. The van der Waals surface area contributed by atoms with Crippen molar-refractivity contribution >= 4 is 6.29 Å². The number of aromatic hydroxyl groups is 1. The van der Waals surface area contributed by atoms with E-state index in [4.69, 9.17) is 5.11 Å². The minimum Gasteiger partial charge on any atom is -0.503 e. The molecule has 1 aromatic carbocycles. The van der Waals surface area contributed by atoms with Crippen molar-refractivity contribution in [3.05, 3.63) is 29.3 Å². The van der Waals surface area contributed by atoms with E-state index in [1.807, 2.05) is 0 Å². The molecule has 14 heavy (non-hydrogen) atoms. The van der Waals surface area contributed by atoms with E-state index in [1.165, 1.54) is 0 Å². The first-order chi connectivity index (χ1) is 6.65. The summed E-state index contributed by atoms with van der Waals surface area (Å²) in [5, 5.41) is 8.75. The number of rotatable bonds is 1. The van der Waals surface area contributed by atoms with Crippen LogP contribution >= 0.6 is 0 Å². The normalized spacial score (nSPS) is 9.00. The lowest BCUT2D eigenvalue weighted by Gasteiger charge is -1.97. The molecule has 0 saturated heterocycles. The smallest absolute Gasteiger partial charge is 0.187 e. The standard InChI is InChI=1S/C10H6F2O2/c11-8-5-7(3-1-2-4-13)6-9(12)10(8)14/h4-6,14H,2H2. The Morgan fingerprint density at radius 2 is 1.93 bits per heavy atom. The number of carbonyl (C=O) groups excluding carboxylic acids is 1. The molecule has 0 radical (unpaired) electrons. The van der Waals surface area contributed by atoms with Crippen molar-refractivity contribution in [2.24, 2.45) is 0 Å². The Morgan fingerprint density at radius 3 is 2.43 bits per heavy atom. The molecule has 0 saturated carbocycles. The zero-order valence-electron chi connectivity index (χ0n) is 7.05. The number of phenolic OH excluding ortho intramolecular Hbond substituents is 1. The largest absolute Gasteiger partial charge is 0.503 e. The van der Waals surface area contributed by atoms with Crippen LogP contribution in [0, 0.1) is 23.5 Å². The molecule has 0 atom stereocenters. The highest BCUT2D eigenvalue weighted by Crippen LogP contribution is 2.20. The Hall–Kier alpha value is -1.89. The molecule has 0 unspecified atom stereocenters. The molecule has 0 heterocycles. The van der Waals surface area contributed by atoms with Crippen LogP contribution in [-0.4, -0.2) is 11.4 Å². The van der Waals surface area contributed by atoms with Gasteiger partial charge in [-0.2, -0.15) is 0 Å². The second-order valence-electron chi connectivity index (χ2n) is 2.46. The molecule has 0 bridgehead atoms. The number of benzene rings is 1. The van der Waals surface area contributed by atoms with E-state index in [1.54, 1.807) is 0 Å². The van der Waals surface area contributed by atoms with Gasteiger partial charge in [0.1, 0.15) is 6.29 Å². The van der Waals surface area contributed by atoms with Gasteiger partial charge in [-0.3, -0.25) is 0 Å². The van der Waals surface area contributed by atoms with Crippen LogP contribution in [0.4, 0.5) is 8.78 Å². The van der Waals surface area contributed by atoms with Crippen molar-refractivity contribution in [3.63, 3.8) is 0 Å². The second kappa shape index (κ2) is 4.38. The Morgan fingerprint density at radius 1 is 1.36 bits per heavy atom. The molecule has 1 N–H and O–H groups in total. The molecule has 0 aromatic heterocycles. The molecule has 2 nitrogen and oxygen atoms in total. The van der Waals surface area contributed by atoms with Crippen LogP contribution in [0.5, 0.6) is 5.75 Å². The molecule has 0 aliphatic carbocycles. The van der Waals surface area contributed by atoms with Crippen LogP contribution in [0.3, 0.4) is 0 Å². The monoisotopic (exact) mass is 196 g/mol. The third-order valence-corrected chi connectivity index (χ3v) is 1.44. The predicted molar refractivity (Wildman–Crippen MR) is 45.6 cm³/mol. The second-order valence-corrected chi connectivity index (χ2v) is 2.46. The van der Waals surface area contributed by atoms with E-state index < -0.39 is 17.4 Å². The topological polar surface area (TPSA) is 37.3 Å². The van der Waals surface area contributed by atoms with Crippen LogP contribution in [0.2, 0.25) is 0 Å². The van der Waals surface area contributed by atoms with Crippen molar-refractivity contribution in [1.29, 1.82) is 0 Å². The average Bonchev–Trinajstić information content (AvgIpc) is 2.14. The molecule has 1 rings (SSSR count). The van der Waals surface area contributed by atoms with E-state index in [9.17, 15) is 13.6 Å². The van der Waals surface area contributed by atoms with Gasteiger partial charge in [-0.25, -0.2) is 8.78 Å². The van der Waals surface area contributed by atoms with Gasteiger partial charge in [0, 0.05) is 5.56 Å². The van der Waals surface area contributed by atoms with Gasteiger partial charge in [0.2, 0.25) is 0 Å². The van der Waals surface area contributed by atoms with Crippen molar-refractivity contribution in [1.82, 2.24) is 0 Å². The summed E-state index contributed by atoms with van der Waals surface area (Å²) in [5.41, 5.74) is 0.0830. The number of hydrogen-bond acceptors (Lipinski definition) is 2. The lowest BCUT2D eigenvalue weighted by molar-refractivity contribution is -0.107. The summed E-state index contributed by atoms with van der Waals surface area (Å²) in [6.45, 7) is 0. The lowest BCUT2D eigenvalue weighted by Crippen LogP contribution is -1.85. The molecular weight excluding hydrogens is 190 g/mol. The van der Waals surface area contributed by atoms with Gasteiger partial charge < -0.3 is 9.90 Å². The van der Waals surface area contributed by atoms with Gasteiger partial charge in [0.25, 0.3) is 0 Å². The Balaban J connectivity index is 3.02. The van der Waals surface area contributed by atoms with Crippen molar-refractivity contribution in [2.45, 2.75) is 6.42 Å². The van der Waals surface area contributed by atoms with Crippen molar-refractivity contribution < 1.29 is 18.7 Å². The average molecular weight is 196 g/mol. The van der Waals surface area contributed by atoms with Gasteiger partial charge in [0.15, 0.2) is 17.4 Å². The summed E-state index contributed by atoms with van der Waals surface area (Å²) in [7, 11) is 0. The maximum absolute atomic E-state index is 12.7. The van der Waals surface area contributed by atoms with Gasteiger partial charge in [-0.1, -0.05) is 11.8 Å². The Bertz CT molecular complexity index is 393. The highest BCUT2D eigenvalue weighted by Gasteiger charge is 2.07. The fourth-order valence-corrected chi connectivity index (χ4v) is 0.832. The van der Waals surface area contributed by atoms with E-state index >= 15 is 0 Å². The SMILES string of the molecule is O=CCC#Cc1cc(F)c(O)c(F)c1. The molecule has 0 spiro atoms. The van der Waals surface area contributed by atoms with Crippen LogP contribution in [-0.2, 0) is 4.79 Å². The molecule has 0 fully saturated rings. The first kappa shape index (κ1) is 10.2. The molecule has 0 aliphatic rings. The van der Waals surface area contributed by atoms with Crippen LogP contribution in [0.25, 0.3) is 0 Å². The number of hydrogen-bond donors (Lipinski definition) is 1. The van der Waals surface area contributed by atoms with Crippen LogP contribution < -0.4 is 0 Å². The number of phenols is 1. The van der Waals surface area contributed by atoms with E-state index in [0.717, 1.165) is 12.1 Å². The maximum Gasteiger partial charge on any atom is 0.187 e. The van der Waals surface area contributed by atoms with E-state index in [2.05, 4.69) is 11.8 Å². The van der Waals surface area contributed by atoms with E-state index in [0.29, 0.717) is 6.29 Å². The molecule has 0 amide bonds. The number of aldehydes is 1. The molecule has 4 heteroatoms. The summed E-state index contributed by atoms with van der Waals surface area (Å²) in [5.74, 6) is 1.61. The highest BCUT2D eigenvalue weighted by atomic mass is 19.1. The highest BCUT2D eigenvalue weighted by molar-refractivity contribution is 5.55. The van der Waals surface area contributed by atoms with Gasteiger partial charge in [-0.05, 0) is 12.1 Å². The number of halogens is 2. The van der Waals surface area contributed by atoms with Gasteiger partial charge >= 0.3 is 0 Å². The summed E-state index contributed by atoms with van der Waals surface area (Å²) in [4.78, 5) is 9.89. The van der Waals surface area contributed by atoms with Gasteiger partial charge in [0.05, 0.1) is 6.42 Å². The predicted octanol–water partition coefficient (Wildman–Crippen LogP) is 1.61. The third kappa shape index (κ3) is 2.30. The Labute approximate surface area is 79.2 Å². The quantitative estimate of drug-likeness (QED) is 0.547. The Kier molecular flexibility index (Phi) is 3.19. The van der Waals surface area contributed by atoms with Gasteiger partial charge in [-0.15, -0.1) is 0 Å². The molecule has 1 aromatic rings. The molecule has 72 valence electrons. The van der Waals surface area contributed by atoms with Crippen molar-refractivity contribution in [3.8, 4) is 17.6 Å². The summed E-state index contributed by atoms with van der Waals surface area (Å²) in [6.07, 6.45) is 0.588. The first-order valence-corrected chi connectivity index (χ1v) is 3.75. The minimum atomic E-state index is -1.07. The molecular formula is C10H6F2O2. The fraction of sp³-hybridized carbons (Fsp3) is 0.100. The zero-order valence-corrected chi connectivity index (χ0v) is 7.05. The lowest BCUT2D eigenvalue weighted by atomic mass is 10.2. The number of carbonyl (C=O) groups is 1. The first-order valence-electron chi connectivity index (χ1n) is 3.75. The third-order valence-electron chi connectivity index (χ3n) is 1.44. The zero-order chi connectivity index (χ0) is 10.6. The fourth-order valence-electron chi connectivity index (χ4n) is 0.832. The summed E-state index contributed by atoms with van der Waals surface area (Å²) in [6, 6.07) is 1.80. The van der Waals surface area contributed by atoms with Crippen molar-refractivity contribution in [2.75, 3.05) is 0 Å². The summed E-state index contributed by atoms with van der Waals surface area (Å²) < 4.78 is 25.4. The van der Waals surface area contributed by atoms with Crippen LogP contribution in [0.1, 0.15) is 12.0 Å². The maximum atomic E-state index is 12.7.